The van der Waals surface area contributed by atoms with Crippen LogP contribution in [0.3, 0.4) is 0 Å². The number of alkyl halides is 3. The maximum atomic E-state index is 14.0. The van der Waals surface area contributed by atoms with Crippen molar-refractivity contribution in [3.8, 4) is 23.3 Å². The molecule has 15 heteroatoms. The van der Waals surface area contributed by atoms with E-state index in [4.69, 9.17) is 9.47 Å². The topological polar surface area (TPSA) is 135 Å². The van der Waals surface area contributed by atoms with Crippen molar-refractivity contribution in [3.63, 3.8) is 0 Å². The smallest absolute Gasteiger partial charge is 0.465 e. The maximum Gasteiger partial charge on any atom is 0.573 e. The molecular weight excluding hydrogens is 591 g/mol. The van der Waals surface area contributed by atoms with Gasteiger partial charge >= 0.3 is 12.3 Å². The number of sulfone groups is 1. The fourth-order valence-electron chi connectivity index (χ4n) is 4.63. The summed E-state index contributed by atoms with van der Waals surface area (Å²) in [6.07, 6.45) is -3.53. The van der Waals surface area contributed by atoms with Crippen molar-refractivity contribution < 1.29 is 40.6 Å². The Morgan fingerprint density at radius 3 is 2.12 bits per heavy atom. The zero-order valence-electron chi connectivity index (χ0n) is 23.5. The van der Waals surface area contributed by atoms with Crippen molar-refractivity contribution in [3.05, 3.63) is 60.4 Å². The van der Waals surface area contributed by atoms with Crippen LogP contribution in [0.15, 0.2) is 59.6 Å². The van der Waals surface area contributed by atoms with Gasteiger partial charge in [-0.3, -0.25) is 4.79 Å². The second kappa shape index (κ2) is 12.3. The summed E-state index contributed by atoms with van der Waals surface area (Å²) >= 11 is 0. The Morgan fingerprint density at radius 1 is 1.05 bits per heavy atom. The molecule has 0 bridgehead atoms. The highest BCUT2D eigenvalue weighted by molar-refractivity contribution is 7.93. The fraction of sp³-hybridized carbons (Fsp3) is 0.357. The van der Waals surface area contributed by atoms with Crippen molar-refractivity contribution >= 4 is 27.4 Å². The Balaban J connectivity index is 1.54. The molecule has 0 atom stereocenters. The van der Waals surface area contributed by atoms with Gasteiger partial charge in [-0.2, -0.15) is 5.26 Å². The van der Waals surface area contributed by atoms with Gasteiger partial charge in [-0.15, -0.1) is 13.2 Å². The Bertz CT molecular complexity index is 1600. The molecule has 0 aliphatic carbocycles. The number of aromatic nitrogens is 2. The van der Waals surface area contributed by atoms with E-state index in [0.717, 1.165) is 12.1 Å². The number of hydrogen-bond donors (Lipinski definition) is 0. The third-order valence-corrected chi connectivity index (χ3v) is 9.25. The number of carbonyl (C=O) groups is 1. The van der Waals surface area contributed by atoms with E-state index >= 15 is 0 Å². The van der Waals surface area contributed by atoms with Gasteiger partial charge in [-0.25, -0.2) is 18.4 Å². The lowest BCUT2D eigenvalue weighted by Crippen LogP contribution is -2.55. The molecule has 1 aliphatic heterocycles. The molecule has 1 saturated heterocycles. The van der Waals surface area contributed by atoms with Gasteiger partial charge in [-0.05, 0) is 68.3 Å². The van der Waals surface area contributed by atoms with Gasteiger partial charge in [0, 0.05) is 27.2 Å². The summed E-state index contributed by atoms with van der Waals surface area (Å²) in [4.78, 5) is 25.2. The molecule has 2 heterocycles. The number of esters is 1. The first kappa shape index (κ1) is 31.4. The number of piperidine rings is 1. The molecule has 0 N–H and O–H groups in total. The normalized spacial score (nSPS) is 14.9. The zero-order chi connectivity index (χ0) is 31.4. The summed E-state index contributed by atoms with van der Waals surface area (Å²) in [7, 11) is -0.803. The van der Waals surface area contributed by atoms with E-state index in [1.54, 1.807) is 30.8 Å². The molecular formula is C28H28F3N5O6S. The van der Waals surface area contributed by atoms with Gasteiger partial charge in [0.25, 0.3) is 0 Å². The maximum absolute atomic E-state index is 14.0. The van der Waals surface area contributed by atoms with E-state index in [1.165, 1.54) is 42.6 Å². The van der Waals surface area contributed by atoms with Crippen LogP contribution in [0.1, 0.15) is 25.5 Å². The number of hydrogen-bond acceptors (Lipinski definition) is 11. The summed E-state index contributed by atoms with van der Waals surface area (Å²) in [5.41, 5.74) is 0.116. The Labute approximate surface area is 246 Å². The third-order valence-electron chi connectivity index (χ3n) is 6.75. The van der Waals surface area contributed by atoms with Crippen LogP contribution in [-0.4, -0.2) is 69.3 Å². The number of rotatable bonds is 9. The standard InChI is InChI=1S/C28H28F3N5O6S/c1-4-40-26(37)27(13-15-36(16-14-27)24-18-33-25(35(2)3)23(17-32)34-24)43(38,39)22-11-9-20(10-12-22)41-19-5-7-21(8-6-19)42-28(29,30)31/h5-12,18H,4,13-16H2,1-3H3. The highest BCUT2D eigenvalue weighted by Gasteiger charge is 2.54. The molecule has 0 radical (unpaired) electrons. The highest BCUT2D eigenvalue weighted by Crippen LogP contribution is 2.39. The van der Waals surface area contributed by atoms with E-state index in [9.17, 15) is 31.6 Å². The number of halogens is 3. The number of carbonyl (C=O) groups excluding carboxylic acids is 1. The molecule has 2 aromatic carbocycles. The van der Waals surface area contributed by atoms with Gasteiger partial charge in [0.2, 0.25) is 0 Å². The number of ether oxygens (including phenoxy) is 3. The predicted molar refractivity (Wildman–Crippen MR) is 149 cm³/mol. The summed E-state index contributed by atoms with van der Waals surface area (Å²) < 4.78 is 77.9. The van der Waals surface area contributed by atoms with Crippen molar-refractivity contribution in [2.75, 3.05) is 43.6 Å². The lowest BCUT2D eigenvalue weighted by molar-refractivity contribution is -0.274. The molecule has 228 valence electrons. The first-order chi connectivity index (χ1) is 20.3. The van der Waals surface area contributed by atoms with Gasteiger partial charge in [0.15, 0.2) is 26.1 Å². The van der Waals surface area contributed by atoms with Gasteiger partial charge in [0.1, 0.15) is 29.1 Å². The van der Waals surface area contributed by atoms with Crippen LogP contribution in [-0.2, 0) is 19.4 Å². The molecule has 0 unspecified atom stereocenters. The van der Waals surface area contributed by atoms with Gasteiger partial charge in [-0.1, -0.05) is 0 Å². The van der Waals surface area contributed by atoms with Crippen LogP contribution in [0.25, 0.3) is 0 Å². The van der Waals surface area contributed by atoms with E-state index in [1.807, 2.05) is 6.07 Å². The average molecular weight is 620 g/mol. The lowest BCUT2D eigenvalue weighted by Gasteiger charge is -2.39. The second-order valence-electron chi connectivity index (χ2n) is 9.70. The quantitative estimate of drug-likeness (QED) is 0.314. The molecule has 4 rings (SSSR count). The molecule has 3 aromatic rings. The van der Waals surface area contributed by atoms with Crippen molar-refractivity contribution in [1.29, 1.82) is 5.26 Å². The number of nitrogens with zero attached hydrogens (tertiary/aromatic N) is 5. The molecule has 1 aromatic heterocycles. The van der Waals surface area contributed by atoms with Gasteiger partial charge in [0.05, 0.1) is 17.7 Å². The molecule has 0 saturated carbocycles. The summed E-state index contributed by atoms with van der Waals surface area (Å²) in [6.45, 7) is 1.84. The summed E-state index contributed by atoms with van der Waals surface area (Å²) in [6, 6.07) is 12.1. The summed E-state index contributed by atoms with van der Waals surface area (Å²) in [5, 5.41) is 9.50. The highest BCUT2D eigenvalue weighted by atomic mass is 32.2. The minimum atomic E-state index is -4.83. The minimum absolute atomic E-state index is 0.0115. The first-order valence-electron chi connectivity index (χ1n) is 13.0. The van der Waals surface area contributed by atoms with E-state index in [2.05, 4.69) is 14.7 Å². The largest absolute Gasteiger partial charge is 0.573 e. The van der Waals surface area contributed by atoms with Crippen molar-refractivity contribution in [1.82, 2.24) is 9.97 Å². The van der Waals surface area contributed by atoms with Crippen LogP contribution in [0, 0.1) is 11.3 Å². The monoisotopic (exact) mass is 619 g/mol. The molecule has 0 amide bonds. The summed E-state index contributed by atoms with van der Waals surface area (Å²) in [5.74, 6) is -0.0796. The lowest BCUT2D eigenvalue weighted by atomic mass is 9.95. The molecule has 1 fully saturated rings. The number of anilines is 2. The minimum Gasteiger partial charge on any atom is -0.465 e. The second-order valence-corrected chi connectivity index (χ2v) is 12.0. The van der Waals surface area contributed by atoms with Crippen LogP contribution in [0.4, 0.5) is 24.8 Å². The van der Waals surface area contributed by atoms with Crippen LogP contribution < -0.4 is 19.3 Å². The first-order valence-corrected chi connectivity index (χ1v) is 14.5. The molecule has 11 nitrogen and oxygen atoms in total. The van der Waals surface area contributed by atoms with E-state index in [0.29, 0.717) is 11.6 Å². The third kappa shape index (κ3) is 6.75. The van der Waals surface area contributed by atoms with E-state index < -0.39 is 32.7 Å². The average Bonchev–Trinajstić information content (AvgIpc) is 2.97. The zero-order valence-corrected chi connectivity index (χ0v) is 24.3. The SMILES string of the molecule is CCOC(=O)C1(S(=O)(=O)c2ccc(Oc3ccc(OC(F)(F)F)cc3)cc2)CCN(c2cnc(N(C)C)c(C#N)n2)CC1. The predicted octanol–water partition coefficient (Wildman–Crippen LogP) is 4.48. The van der Waals surface area contributed by atoms with Gasteiger partial charge < -0.3 is 24.0 Å². The van der Waals surface area contributed by atoms with Crippen LogP contribution in [0.2, 0.25) is 0 Å². The Hall–Kier alpha value is -4.58. The number of benzene rings is 2. The van der Waals surface area contributed by atoms with Crippen molar-refractivity contribution in [2.24, 2.45) is 0 Å². The Kier molecular flexibility index (Phi) is 9.00. The van der Waals surface area contributed by atoms with Crippen molar-refractivity contribution in [2.45, 2.75) is 35.8 Å². The van der Waals surface area contributed by atoms with Crippen LogP contribution in [0.5, 0.6) is 17.2 Å². The molecule has 0 spiro atoms. The number of nitriles is 1. The molecule has 43 heavy (non-hydrogen) atoms. The van der Waals surface area contributed by atoms with E-state index in [-0.39, 0.29) is 54.6 Å². The fourth-order valence-corrected chi connectivity index (χ4v) is 6.57. The van der Waals surface area contributed by atoms with Crippen LogP contribution >= 0.6 is 0 Å². The molecule has 1 aliphatic rings. The Morgan fingerprint density at radius 2 is 1.60 bits per heavy atom.